The number of urea groups is 1. The summed E-state index contributed by atoms with van der Waals surface area (Å²) in [7, 11) is 1.77. The van der Waals surface area contributed by atoms with Crippen molar-refractivity contribution in [2.75, 3.05) is 46.5 Å². The Morgan fingerprint density at radius 3 is 2.84 bits per heavy atom. The van der Waals surface area contributed by atoms with E-state index in [1.165, 1.54) is 0 Å². The first-order valence-electron chi connectivity index (χ1n) is 8.72. The Labute approximate surface area is 155 Å². The van der Waals surface area contributed by atoms with Crippen LogP contribution < -0.4 is 10.1 Å². The van der Waals surface area contributed by atoms with E-state index < -0.39 is 0 Å². The van der Waals surface area contributed by atoms with Crippen LogP contribution in [0.4, 0.5) is 4.79 Å². The van der Waals surface area contributed by atoms with Gasteiger partial charge in [-0.3, -0.25) is 4.90 Å². The molecule has 1 aliphatic heterocycles. The molecule has 25 heavy (non-hydrogen) atoms. The number of benzene rings is 1. The van der Waals surface area contributed by atoms with E-state index in [2.05, 4.69) is 10.2 Å². The van der Waals surface area contributed by atoms with Gasteiger partial charge in [-0.2, -0.15) is 0 Å². The number of morpholine rings is 1. The Morgan fingerprint density at radius 2 is 2.16 bits per heavy atom. The van der Waals surface area contributed by atoms with Crippen molar-refractivity contribution in [3.05, 3.63) is 28.8 Å². The number of amides is 2. The Morgan fingerprint density at radius 1 is 1.44 bits per heavy atom. The van der Waals surface area contributed by atoms with Gasteiger partial charge < -0.3 is 19.7 Å². The monoisotopic (exact) mass is 369 g/mol. The molecule has 1 aromatic rings. The van der Waals surface area contributed by atoms with Crippen molar-refractivity contribution in [1.29, 1.82) is 0 Å². The third kappa shape index (κ3) is 6.38. The number of carbonyl (C=O) groups excluding carboxylic acids is 1. The number of carbonyl (C=O) groups is 1. The van der Waals surface area contributed by atoms with Crippen LogP contribution >= 0.6 is 11.6 Å². The second-order valence-electron chi connectivity index (χ2n) is 6.30. The van der Waals surface area contributed by atoms with E-state index in [0.717, 1.165) is 44.2 Å². The second kappa shape index (κ2) is 9.85. The summed E-state index contributed by atoms with van der Waals surface area (Å²) in [5.41, 5.74) is 0.896. The SMILES string of the molecule is CCOc1ccc(Cl)cc1CN(C)C(=O)NC(C)CN1CCOCC1. The normalized spacial score (nSPS) is 16.3. The number of nitrogens with zero attached hydrogens (tertiary/aromatic N) is 2. The minimum Gasteiger partial charge on any atom is -0.494 e. The molecule has 0 aliphatic carbocycles. The molecule has 1 N–H and O–H groups in total. The number of hydrogen-bond donors (Lipinski definition) is 1. The van der Waals surface area contributed by atoms with Gasteiger partial charge in [-0.1, -0.05) is 11.6 Å². The van der Waals surface area contributed by atoms with Gasteiger partial charge in [-0.25, -0.2) is 4.79 Å². The van der Waals surface area contributed by atoms with Crippen molar-refractivity contribution in [2.24, 2.45) is 0 Å². The quantitative estimate of drug-likeness (QED) is 0.802. The molecule has 1 heterocycles. The minimum atomic E-state index is -0.108. The van der Waals surface area contributed by atoms with Crippen molar-refractivity contribution in [3.8, 4) is 5.75 Å². The fourth-order valence-electron chi connectivity index (χ4n) is 2.83. The highest BCUT2D eigenvalue weighted by Crippen LogP contribution is 2.24. The van der Waals surface area contributed by atoms with E-state index >= 15 is 0 Å². The summed E-state index contributed by atoms with van der Waals surface area (Å²) in [6.07, 6.45) is 0. The zero-order valence-corrected chi connectivity index (χ0v) is 16.0. The largest absolute Gasteiger partial charge is 0.494 e. The van der Waals surface area contributed by atoms with Crippen LogP contribution in [0.1, 0.15) is 19.4 Å². The van der Waals surface area contributed by atoms with Crippen LogP contribution in [0.5, 0.6) is 5.75 Å². The first kappa shape index (κ1) is 19.8. The van der Waals surface area contributed by atoms with Gasteiger partial charge in [0.2, 0.25) is 0 Å². The molecule has 140 valence electrons. The average Bonchev–Trinajstić information content (AvgIpc) is 2.58. The summed E-state index contributed by atoms with van der Waals surface area (Å²) in [6, 6.07) is 5.43. The molecule has 0 spiro atoms. The Kier molecular flexibility index (Phi) is 7.81. The van der Waals surface area contributed by atoms with Crippen molar-refractivity contribution in [3.63, 3.8) is 0 Å². The molecule has 1 fully saturated rings. The lowest BCUT2D eigenvalue weighted by Crippen LogP contribution is -2.48. The number of hydrogen-bond acceptors (Lipinski definition) is 4. The molecular weight excluding hydrogens is 342 g/mol. The summed E-state index contributed by atoms with van der Waals surface area (Å²) in [5, 5.41) is 3.68. The zero-order chi connectivity index (χ0) is 18.2. The molecule has 2 amide bonds. The predicted octanol–water partition coefficient (Wildman–Crippen LogP) is 2.60. The lowest BCUT2D eigenvalue weighted by Gasteiger charge is -2.30. The summed E-state index contributed by atoms with van der Waals surface area (Å²) in [5.74, 6) is 0.757. The predicted molar refractivity (Wildman–Crippen MR) is 99.3 cm³/mol. The maximum absolute atomic E-state index is 12.5. The first-order valence-corrected chi connectivity index (χ1v) is 9.10. The van der Waals surface area contributed by atoms with Crippen molar-refractivity contribution in [1.82, 2.24) is 15.1 Å². The highest BCUT2D eigenvalue weighted by atomic mass is 35.5. The zero-order valence-electron chi connectivity index (χ0n) is 15.3. The highest BCUT2D eigenvalue weighted by Gasteiger charge is 2.18. The van der Waals surface area contributed by atoms with Gasteiger partial charge in [0.1, 0.15) is 5.75 Å². The Balaban J connectivity index is 1.88. The second-order valence-corrected chi connectivity index (χ2v) is 6.74. The minimum absolute atomic E-state index is 0.0683. The lowest BCUT2D eigenvalue weighted by atomic mass is 10.2. The van der Waals surface area contributed by atoms with Crippen LogP contribution in [0.3, 0.4) is 0 Å². The summed E-state index contributed by atoms with van der Waals surface area (Å²) in [6.45, 7) is 9.13. The van der Waals surface area contributed by atoms with E-state index in [1.54, 1.807) is 18.0 Å². The smallest absolute Gasteiger partial charge is 0.317 e. The van der Waals surface area contributed by atoms with Gasteiger partial charge in [-0.15, -0.1) is 0 Å². The van der Waals surface area contributed by atoms with Crippen LogP contribution in [0.15, 0.2) is 18.2 Å². The molecule has 0 saturated carbocycles. The van der Waals surface area contributed by atoms with Crippen molar-refractivity contribution in [2.45, 2.75) is 26.4 Å². The molecule has 0 aromatic heterocycles. The maximum Gasteiger partial charge on any atom is 0.317 e. The molecule has 1 aromatic carbocycles. The van der Waals surface area contributed by atoms with Gasteiger partial charge in [0.15, 0.2) is 0 Å². The van der Waals surface area contributed by atoms with Crippen LogP contribution in [-0.2, 0) is 11.3 Å². The lowest BCUT2D eigenvalue weighted by molar-refractivity contribution is 0.0347. The number of rotatable bonds is 7. The summed E-state index contributed by atoms with van der Waals surface area (Å²) < 4.78 is 11.0. The molecule has 7 heteroatoms. The highest BCUT2D eigenvalue weighted by molar-refractivity contribution is 6.30. The van der Waals surface area contributed by atoms with Gasteiger partial charge in [0, 0.05) is 43.3 Å². The number of nitrogens with one attached hydrogen (secondary N) is 1. The molecule has 2 rings (SSSR count). The summed E-state index contributed by atoms with van der Waals surface area (Å²) >= 11 is 6.08. The third-order valence-corrected chi connectivity index (χ3v) is 4.32. The molecule has 0 radical (unpaired) electrons. The molecule has 1 atom stereocenters. The standard InChI is InChI=1S/C18H28ClN3O3/c1-4-25-17-6-5-16(19)11-15(17)13-21(3)18(23)20-14(2)12-22-7-9-24-10-8-22/h5-6,11,14H,4,7-10,12-13H2,1-3H3,(H,20,23). The molecule has 1 unspecified atom stereocenters. The maximum atomic E-state index is 12.5. The van der Waals surface area contributed by atoms with Crippen LogP contribution in [0, 0.1) is 0 Å². The van der Waals surface area contributed by atoms with Crippen molar-refractivity contribution < 1.29 is 14.3 Å². The third-order valence-electron chi connectivity index (χ3n) is 4.08. The Bertz CT molecular complexity index is 564. The molecule has 1 saturated heterocycles. The molecule has 6 nitrogen and oxygen atoms in total. The van der Waals surface area contributed by atoms with Crippen molar-refractivity contribution >= 4 is 17.6 Å². The van der Waals surface area contributed by atoms with E-state index in [0.29, 0.717) is 18.2 Å². The van der Waals surface area contributed by atoms with Gasteiger partial charge in [-0.05, 0) is 32.0 Å². The number of ether oxygens (including phenoxy) is 2. The molecule has 0 bridgehead atoms. The van der Waals surface area contributed by atoms with E-state index in [1.807, 2.05) is 26.0 Å². The first-order chi connectivity index (χ1) is 12.0. The van der Waals surface area contributed by atoms with Gasteiger partial charge in [0.05, 0.1) is 26.4 Å². The van der Waals surface area contributed by atoms with E-state index in [9.17, 15) is 4.79 Å². The summed E-state index contributed by atoms with van der Waals surface area (Å²) in [4.78, 5) is 16.4. The fourth-order valence-corrected chi connectivity index (χ4v) is 3.03. The van der Waals surface area contributed by atoms with Crippen LogP contribution in [-0.4, -0.2) is 68.4 Å². The van der Waals surface area contributed by atoms with Gasteiger partial charge >= 0.3 is 6.03 Å². The van der Waals surface area contributed by atoms with Crippen LogP contribution in [0.2, 0.25) is 5.02 Å². The van der Waals surface area contributed by atoms with Crippen LogP contribution in [0.25, 0.3) is 0 Å². The van der Waals surface area contributed by atoms with E-state index in [4.69, 9.17) is 21.1 Å². The van der Waals surface area contributed by atoms with E-state index in [-0.39, 0.29) is 12.1 Å². The average molecular weight is 370 g/mol. The molecular formula is C18H28ClN3O3. The Hall–Kier alpha value is -1.50. The topological polar surface area (TPSA) is 54.0 Å². The number of halogens is 1. The fraction of sp³-hybridized carbons (Fsp3) is 0.611. The van der Waals surface area contributed by atoms with Gasteiger partial charge in [0.25, 0.3) is 0 Å². The molecule has 1 aliphatic rings.